The highest BCUT2D eigenvalue weighted by atomic mass is 19.4. The minimum Gasteiger partial charge on any atom is -0.396 e. The van der Waals surface area contributed by atoms with Crippen molar-refractivity contribution in [2.75, 3.05) is 6.61 Å². The lowest BCUT2D eigenvalue weighted by molar-refractivity contribution is -0.140. The van der Waals surface area contributed by atoms with Gasteiger partial charge in [0.2, 0.25) is 0 Å². The Morgan fingerprint density at radius 2 is 2.05 bits per heavy atom. The molecule has 0 spiro atoms. The summed E-state index contributed by atoms with van der Waals surface area (Å²) in [5, 5.41) is 11.0. The van der Waals surface area contributed by atoms with Crippen molar-refractivity contribution >= 4 is 5.91 Å². The van der Waals surface area contributed by atoms with Crippen LogP contribution in [0.3, 0.4) is 0 Å². The molecule has 3 nitrogen and oxygen atoms in total. The van der Waals surface area contributed by atoms with Gasteiger partial charge in [-0.3, -0.25) is 4.79 Å². The zero-order valence-corrected chi connectivity index (χ0v) is 10.1. The molecule has 0 heterocycles. The highest BCUT2D eigenvalue weighted by Gasteiger charge is 2.35. The summed E-state index contributed by atoms with van der Waals surface area (Å²) in [4.78, 5) is 11.6. The van der Waals surface area contributed by atoms with Crippen LogP contribution in [-0.4, -0.2) is 23.7 Å². The Balaban J connectivity index is 2.99. The van der Waals surface area contributed by atoms with Gasteiger partial charge in [-0.15, -0.1) is 0 Å². The Kier molecular flexibility index (Phi) is 4.88. The van der Waals surface area contributed by atoms with Crippen LogP contribution in [0.4, 0.5) is 17.6 Å². The first-order valence-corrected chi connectivity index (χ1v) is 5.54. The topological polar surface area (TPSA) is 49.3 Å². The summed E-state index contributed by atoms with van der Waals surface area (Å²) < 4.78 is 51.0. The second kappa shape index (κ2) is 6.01. The molecule has 1 aromatic carbocycles. The molecule has 0 saturated heterocycles. The average molecular weight is 279 g/mol. The number of amides is 1. The van der Waals surface area contributed by atoms with Gasteiger partial charge in [-0.05, 0) is 25.5 Å². The van der Waals surface area contributed by atoms with Gasteiger partial charge < -0.3 is 10.4 Å². The minimum atomic E-state index is -4.85. The van der Waals surface area contributed by atoms with Crippen LogP contribution in [0.5, 0.6) is 0 Å². The molecule has 1 amide bonds. The van der Waals surface area contributed by atoms with E-state index in [1.54, 1.807) is 6.92 Å². The number of rotatable bonds is 4. The molecular weight excluding hydrogens is 266 g/mol. The molecule has 19 heavy (non-hydrogen) atoms. The van der Waals surface area contributed by atoms with Crippen LogP contribution in [0.15, 0.2) is 18.2 Å². The van der Waals surface area contributed by atoms with Gasteiger partial charge in [0, 0.05) is 12.6 Å². The molecular formula is C12H13F4NO2. The Morgan fingerprint density at radius 3 is 2.58 bits per heavy atom. The van der Waals surface area contributed by atoms with E-state index in [-0.39, 0.29) is 13.0 Å². The maximum Gasteiger partial charge on any atom is 0.419 e. The lowest BCUT2D eigenvalue weighted by Gasteiger charge is -2.14. The number of halogens is 4. The van der Waals surface area contributed by atoms with Gasteiger partial charge in [0.25, 0.3) is 5.91 Å². The normalized spacial score (nSPS) is 13.2. The molecule has 1 aromatic rings. The van der Waals surface area contributed by atoms with Crippen molar-refractivity contribution in [1.29, 1.82) is 0 Å². The van der Waals surface area contributed by atoms with Crippen LogP contribution in [0.25, 0.3) is 0 Å². The molecule has 1 rings (SSSR count). The van der Waals surface area contributed by atoms with Gasteiger partial charge >= 0.3 is 6.18 Å². The number of hydrogen-bond acceptors (Lipinski definition) is 2. The van der Waals surface area contributed by atoms with Crippen LogP contribution in [0, 0.1) is 5.82 Å². The van der Waals surface area contributed by atoms with Crippen molar-refractivity contribution in [1.82, 2.24) is 5.32 Å². The van der Waals surface area contributed by atoms with Crippen molar-refractivity contribution < 1.29 is 27.5 Å². The van der Waals surface area contributed by atoms with Crippen LogP contribution in [0.2, 0.25) is 0 Å². The van der Waals surface area contributed by atoms with Gasteiger partial charge in [0.05, 0.1) is 11.1 Å². The number of aliphatic hydroxyl groups excluding tert-OH is 1. The maximum absolute atomic E-state index is 13.6. The fourth-order valence-corrected chi connectivity index (χ4v) is 1.49. The molecule has 106 valence electrons. The maximum atomic E-state index is 13.6. The number of benzene rings is 1. The van der Waals surface area contributed by atoms with Crippen molar-refractivity contribution in [3.8, 4) is 0 Å². The largest absolute Gasteiger partial charge is 0.419 e. The van der Waals surface area contributed by atoms with E-state index in [1.807, 2.05) is 0 Å². The van der Waals surface area contributed by atoms with Gasteiger partial charge in [0.1, 0.15) is 5.82 Å². The average Bonchev–Trinajstić information content (AvgIpc) is 2.27. The van der Waals surface area contributed by atoms with Crippen LogP contribution < -0.4 is 5.32 Å². The SMILES string of the molecule is CC(CCO)NC(=O)c1cccc(C(F)(F)F)c1F. The molecule has 0 saturated carbocycles. The first-order chi connectivity index (χ1) is 8.77. The highest BCUT2D eigenvalue weighted by molar-refractivity contribution is 5.94. The Labute approximate surface area is 107 Å². The molecule has 0 aliphatic heterocycles. The minimum absolute atomic E-state index is 0.188. The summed E-state index contributed by atoms with van der Waals surface area (Å²) in [5.41, 5.74) is -2.14. The van der Waals surface area contributed by atoms with Crippen LogP contribution in [-0.2, 0) is 6.18 Å². The molecule has 0 bridgehead atoms. The number of aliphatic hydroxyl groups is 1. The van der Waals surface area contributed by atoms with Crippen molar-refractivity contribution in [3.05, 3.63) is 35.1 Å². The number of nitrogens with one attached hydrogen (secondary N) is 1. The standard InChI is InChI=1S/C12H13F4NO2/c1-7(5-6-18)17-11(19)8-3-2-4-9(10(8)13)12(14,15)16/h2-4,7,18H,5-6H2,1H3,(H,17,19). The molecule has 7 heteroatoms. The van der Waals surface area contributed by atoms with E-state index in [9.17, 15) is 22.4 Å². The first-order valence-electron chi connectivity index (χ1n) is 5.54. The van der Waals surface area contributed by atoms with Crippen molar-refractivity contribution in [3.63, 3.8) is 0 Å². The van der Waals surface area contributed by atoms with Crippen molar-refractivity contribution in [2.24, 2.45) is 0 Å². The second-order valence-electron chi connectivity index (χ2n) is 4.05. The molecule has 0 aliphatic carbocycles. The van der Waals surface area contributed by atoms with E-state index in [0.29, 0.717) is 6.07 Å². The van der Waals surface area contributed by atoms with Gasteiger partial charge in [-0.2, -0.15) is 13.2 Å². The lowest BCUT2D eigenvalue weighted by atomic mass is 10.1. The van der Waals surface area contributed by atoms with Gasteiger partial charge in [-0.1, -0.05) is 6.07 Å². The first kappa shape index (κ1) is 15.4. The number of carbonyl (C=O) groups is 1. The zero-order valence-electron chi connectivity index (χ0n) is 10.1. The lowest BCUT2D eigenvalue weighted by Crippen LogP contribution is -2.34. The number of hydrogen-bond donors (Lipinski definition) is 2. The van der Waals surface area contributed by atoms with E-state index in [2.05, 4.69) is 5.32 Å². The van der Waals surface area contributed by atoms with Crippen LogP contribution in [0.1, 0.15) is 29.3 Å². The molecule has 2 N–H and O–H groups in total. The quantitative estimate of drug-likeness (QED) is 0.831. The molecule has 1 unspecified atom stereocenters. The van der Waals surface area contributed by atoms with Crippen molar-refractivity contribution in [2.45, 2.75) is 25.6 Å². The summed E-state index contributed by atoms with van der Waals surface area (Å²) >= 11 is 0. The molecule has 1 atom stereocenters. The highest BCUT2D eigenvalue weighted by Crippen LogP contribution is 2.32. The van der Waals surface area contributed by atoms with Gasteiger partial charge in [0.15, 0.2) is 0 Å². The van der Waals surface area contributed by atoms with Crippen LogP contribution >= 0.6 is 0 Å². The Bertz CT molecular complexity index is 460. The van der Waals surface area contributed by atoms with E-state index in [4.69, 9.17) is 5.11 Å². The summed E-state index contributed by atoms with van der Waals surface area (Å²) in [6.07, 6.45) is -4.62. The van der Waals surface area contributed by atoms with E-state index in [1.165, 1.54) is 0 Å². The number of carbonyl (C=O) groups excluding carboxylic acids is 1. The predicted molar refractivity (Wildman–Crippen MR) is 60.0 cm³/mol. The number of alkyl halides is 3. The fourth-order valence-electron chi connectivity index (χ4n) is 1.49. The predicted octanol–water partition coefficient (Wildman–Crippen LogP) is 2.35. The van der Waals surface area contributed by atoms with E-state index in [0.717, 1.165) is 12.1 Å². The fraction of sp³-hybridized carbons (Fsp3) is 0.417. The Morgan fingerprint density at radius 1 is 1.42 bits per heavy atom. The second-order valence-corrected chi connectivity index (χ2v) is 4.05. The summed E-state index contributed by atoms with van der Waals surface area (Å²) in [6, 6.07) is 2.05. The molecule has 0 radical (unpaired) electrons. The third kappa shape index (κ3) is 3.92. The monoisotopic (exact) mass is 279 g/mol. The van der Waals surface area contributed by atoms with E-state index < -0.39 is 35.1 Å². The summed E-state index contributed by atoms with van der Waals surface area (Å²) in [5.74, 6) is -2.53. The smallest absolute Gasteiger partial charge is 0.396 e. The van der Waals surface area contributed by atoms with E-state index >= 15 is 0 Å². The molecule has 0 aliphatic rings. The van der Waals surface area contributed by atoms with Gasteiger partial charge in [-0.25, -0.2) is 4.39 Å². The molecule has 0 fully saturated rings. The molecule has 0 aromatic heterocycles. The summed E-state index contributed by atoms with van der Waals surface area (Å²) in [6.45, 7) is 1.37. The third-order valence-electron chi connectivity index (χ3n) is 2.49. The Hall–Kier alpha value is -1.63. The zero-order chi connectivity index (χ0) is 14.6. The summed E-state index contributed by atoms with van der Waals surface area (Å²) in [7, 11) is 0. The third-order valence-corrected chi connectivity index (χ3v) is 2.49.